The minimum Gasteiger partial charge on any atom is -0.521 e. The van der Waals surface area contributed by atoms with Gasteiger partial charge in [-0.2, -0.15) is 0 Å². The quantitative estimate of drug-likeness (QED) is 0.737. The maximum absolute atomic E-state index is 12.1. The first-order valence-corrected chi connectivity index (χ1v) is 5.13. The molecule has 0 aromatic heterocycles. The first kappa shape index (κ1) is 17.5. The van der Waals surface area contributed by atoms with E-state index in [1.807, 2.05) is 20.8 Å². The molecule has 90 valence electrons. The Morgan fingerprint density at radius 2 is 1.65 bits per heavy atom. The Morgan fingerprint density at radius 1 is 1.12 bits per heavy atom. The molecule has 1 aromatic carbocycles. The van der Waals surface area contributed by atoms with Gasteiger partial charge < -0.3 is 17.7 Å². The summed E-state index contributed by atoms with van der Waals surface area (Å²) in [6, 6.07) is 6.83. The fraction of sp³-hybridized carbons (Fsp3) is 0.455. The van der Waals surface area contributed by atoms with Crippen LogP contribution in [-0.2, 0) is 5.41 Å². The van der Waals surface area contributed by atoms with Crippen molar-refractivity contribution in [3.63, 3.8) is 0 Å². The van der Waals surface area contributed by atoms with E-state index in [1.165, 1.54) is 0 Å². The fourth-order valence-corrected chi connectivity index (χ4v) is 1.40. The van der Waals surface area contributed by atoms with Gasteiger partial charge in [-0.15, -0.1) is 0 Å². The van der Waals surface area contributed by atoms with Gasteiger partial charge in [-0.1, -0.05) is 39.0 Å². The molecular weight excluding hydrogens is 255 g/mol. The third-order valence-electron chi connectivity index (χ3n) is 2.12. The maximum atomic E-state index is 12.1. The van der Waals surface area contributed by atoms with Gasteiger partial charge in [-0.05, 0) is 17.0 Å². The number of para-hydroxylation sites is 1. The molecule has 1 nitrogen and oxygen atoms in total. The molecule has 0 bridgehead atoms. The molecule has 0 aliphatic rings. The Morgan fingerprint density at radius 3 is 2.12 bits per heavy atom. The smallest absolute Gasteiger partial charge is 0.521 e. The third kappa shape index (κ3) is 6.29. The second-order valence-corrected chi connectivity index (χ2v) is 4.77. The first-order chi connectivity index (χ1) is 7.20. The van der Waals surface area contributed by atoms with Gasteiger partial charge >= 0.3 is 58.4 Å². The topological polar surface area (TPSA) is 9.23 Å². The van der Waals surface area contributed by atoms with Crippen molar-refractivity contribution in [2.75, 3.05) is 6.51 Å². The van der Waals surface area contributed by atoms with E-state index < -0.39 is 13.5 Å². The molecule has 0 saturated heterocycles. The summed E-state index contributed by atoms with van der Waals surface area (Å²) in [5.74, 6) is 0.314. The second-order valence-electron chi connectivity index (χ2n) is 4.77. The summed E-state index contributed by atoms with van der Waals surface area (Å²) in [4.78, 5) is 0. The summed E-state index contributed by atoms with van der Waals surface area (Å²) in [5, 5.41) is 0. The maximum Gasteiger partial charge on any atom is 1.00 e. The van der Waals surface area contributed by atoms with Crippen LogP contribution in [0.2, 0.25) is 0 Å². The zero-order valence-corrected chi connectivity index (χ0v) is 13.8. The van der Waals surface area contributed by atoms with Crippen molar-refractivity contribution >= 4 is 6.98 Å². The third-order valence-corrected chi connectivity index (χ3v) is 2.12. The largest absolute Gasteiger partial charge is 1.00 e. The van der Waals surface area contributed by atoms with E-state index >= 15 is 0 Å². The van der Waals surface area contributed by atoms with Crippen molar-refractivity contribution in [3.8, 4) is 5.75 Å². The molecule has 0 atom stereocenters. The molecule has 0 spiro atoms. The number of halogens is 3. The van der Waals surface area contributed by atoms with E-state index in [1.54, 1.807) is 24.3 Å². The Bertz CT molecular complexity index is 360. The zero-order valence-electron chi connectivity index (χ0n) is 10.6. The summed E-state index contributed by atoms with van der Waals surface area (Å²) in [6.07, 6.45) is 0. The molecule has 0 heterocycles. The summed E-state index contributed by atoms with van der Waals surface area (Å²) in [6.45, 7) is -0.277. The molecule has 0 aliphatic carbocycles. The Hall–Kier alpha value is 0.511. The monoisotopic (exact) mass is 270 g/mol. The average molecular weight is 270 g/mol. The van der Waals surface area contributed by atoms with Crippen molar-refractivity contribution in [3.05, 3.63) is 29.8 Å². The molecule has 0 unspecified atom stereocenters. The SMILES string of the molecule is CC(C)(C)c1ccccc1OC[B-](F)(F)F.[K+]. The summed E-state index contributed by atoms with van der Waals surface area (Å²) in [5.41, 5.74) is 0.560. The van der Waals surface area contributed by atoms with Gasteiger partial charge in [0.2, 0.25) is 0 Å². The van der Waals surface area contributed by atoms with E-state index in [4.69, 9.17) is 4.74 Å². The number of hydrogen-bond acceptors (Lipinski definition) is 1. The number of rotatable bonds is 3. The van der Waals surface area contributed by atoms with Crippen LogP contribution in [0, 0.1) is 0 Å². The van der Waals surface area contributed by atoms with E-state index in [2.05, 4.69) is 0 Å². The number of hydrogen-bond donors (Lipinski definition) is 0. The summed E-state index contributed by atoms with van der Waals surface area (Å²) in [7, 11) is 0. The van der Waals surface area contributed by atoms with Crippen LogP contribution in [0.5, 0.6) is 5.75 Å². The summed E-state index contributed by atoms with van der Waals surface area (Å²) < 4.78 is 41.2. The van der Waals surface area contributed by atoms with Crippen LogP contribution in [0.4, 0.5) is 12.9 Å². The predicted octanol–water partition coefficient (Wildman–Crippen LogP) is 0.753. The predicted molar refractivity (Wildman–Crippen MR) is 59.7 cm³/mol. The van der Waals surface area contributed by atoms with Crippen LogP contribution in [0.15, 0.2) is 24.3 Å². The van der Waals surface area contributed by atoms with Crippen LogP contribution in [-0.4, -0.2) is 13.5 Å². The molecule has 1 rings (SSSR count). The zero-order chi connectivity index (χ0) is 12.4. The number of benzene rings is 1. The summed E-state index contributed by atoms with van der Waals surface area (Å²) >= 11 is 0. The fourth-order valence-electron chi connectivity index (χ4n) is 1.40. The molecule has 0 amide bonds. The Kier molecular flexibility index (Phi) is 6.81. The molecular formula is C11H15BF3KO. The van der Waals surface area contributed by atoms with Crippen molar-refractivity contribution < 1.29 is 69.1 Å². The van der Waals surface area contributed by atoms with Crippen molar-refractivity contribution in [2.24, 2.45) is 0 Å². The molecule has 17 heavy (non-hydrogen) atoms. The Labute approximate surface area is 143 Å². The molecule has 6 heteroatoms. The van der Waals surface area contributed by atoms with E-state index in [0.717, 1.165) is 5.56 Å². The van der Waals surface area contributed by atoms with Crippen LogP contribution in [0.1, 0.15) is 26.3 Å². The molecule has 0 N–H and O–H groups in total. The molecule has 1 aromatic rings. The van der Waals surface area contributed by atoms with Crippen LogP contribution in [0.25, 0.3) is 0 Å². The minimum absolute atomic E-state index is 0. The normalized spacial score (nSPS) is 11.9. The van der Waals surface area contributed by atoms with E-state index in [9.17, 15) is 12.9 Å². The van der Waals surface area contributed by atoms with Crippen LogP contribution in [0.3, 0.4) is 0 Å². The van der Waals surface area contributed by atoms with Crippen molar-refractivity contribution in [1.29, 1.82) is 0 Å². The Balaban J connectivity index is 0.00000256. The van der Waals surface area contributed by atoms with Gasteiger partial charge in [0.25, 0.3) is 0 Å². The molecule has 0 fully saturated rings. The standard InChI is InChI=1S/C11H15BF3O.K/c1-11(2,3)9-6-4-5-7-10(9)16-8-12(13,14)15;/h4-7H,8H2,1-3H3;/q-1;+1. The van der Waals surface area contributed by atoms with Crippen molar-refractivity contribution in [1.82, 2.24) is 0 Å². The average Bonchev–Trinajstić information content (AvgIpc) is 2.12. The van der Waals surface area contributed by atoms with Crippen LogP contribution < -0.4 is 56.1 Å². The second kappa shape index (κ2) is 6.61. The van der Waals surface area contributed by atoms with Crippen LogP contribution >= 0.6 is 0 Å². The van der Waals surface area contributed by atoms with Gasteiger partial charge in [-0.25, -0.2) is 0 Å². The molecule has 0 aliphatic heterocycles. The van der Waals surface area contributed by atoms with Gasteiger partial charge in [0, 0.05) is 0 Å². The van der Waals surface area contributed by atoms with Gasteiger partial charge in [-0.3, -0.25) is 0 Å². The van der Waals surface area contributed by atoms with Crippen molar-refractivity contribution in [2.45, 2.75) is 26.2 Å². The number of ether oxygens (including phenoxy) is 1. The first-order valence-electron chi connectivity index (χ1n) is 5.13. The molecule has 0 radical (unpaired) electrons. The van der Waals surface area contributed by atoms with E-state index in [-0.39, 0.29) is 56.8 Å². The molecule has 0 saturated carbocycles. The van der Waals surface area contributed by atoms with Gasteiger partial charge in [0.15, 0.2) is 0 Å². The van der Waals surface area contributed by atoms with Gasteiger partial charge in [0.1, 0.15) is 5.75 Å². The van der Waals surface area contributed by atoms with Gasteiger partial charge in [0.05, 0.1) is 6.51 Å². The van der Waals surface area contributed by atoms with E-state index in [0.29, 0.717) is 5.75 Å². The minimum atomic E-state index is -4.91.